The molecular weight excluding hydrogens is 244 g/mol. The third kappa shape index (κ3) is 3.58. The highest BCUT2D eigenvalue weighted by Gasteiger charge is 2.20. The molecule has 0 spiro atoms. The van der Waals surface area contributed by atoms with Crippen molar-refractivity contribution in [3.8, 4) is 0 Å². The third-order valence-corrected chi connectivity index (χ3v) is 3.82. The Bertz CT molecular complexity index is 417. The summed E-state index contributed by atoms with van der Waals surface area (Å²) in [5.74, 6) is 0.454. The lowest BCUT2D eigenvalue weighted by Gasteiger charge is -2.16. The zero-order valence-corrected chi connectivity index (χ0v) is 12.6. The van der Waals surface area contributed by atoms with Crippen LogP contribution in [0.5, 0.6) is 0 Å². The molecule has 0 N–H and O–H groups in total. The fourth-order valence-corrected chi connectivity index (χ4v) is 2.59. The molecule has 2 heteroatoms. The van der Waals surface area contributed by atoms with Gasteiger partial charge in [-0.05, 0) is 49.9 Å². The number of hydrogen-bond acceptors (Lipinski definition) is 1. The summed E-state index contributed by atoms with van der Waals surface area (Å²) in [6.45, 7) is 8.19. The molecule has 0 bridgehead atoms. The van der Waals surface area contributed by atoms with Crippen LogP contribution in [0.2, 0.25) is 5.02 Å². The van der Waals surface area contributed by atoms with Gasteiger partial charge in [0.25, 0.3) is 0 Å². The van der Waals surface area contributed by atoms with Gasteiger partial charge in [0.1, 0.15) is 0 Å². The number of halogens is 1. The molecule has 0 saturated carbocycles. The van der Waals surface area contributed by atoms with Crippen LogP contribution < -0.4 is 0 Å². The molecule has 0 fully saturated rings. The Hall–Kier alpha value is -0.820. The molecule has 0 atom stereocenters. The Balaban J connectivity index is 3.04. The quantitative estimate of drug-likeness (QED) is 0.634. The zero-order chi connectivity index (χ0) is 13.7. The lowest BCUT2D eigenvalue weighted by Crippen LogP contribution is -2.16. The summed E-state index contributed by atoms with van der Waals surface area (Å²) in [4.78, 5) is 12.6. The molecule has 0 radical (unpaired) electrons. The normalized spacial score (nSPS) is 11.0. The molecule has 0 aliphatic heterocycles. The Morgan fingerprint density at radius 1 is 1.11 bits per heavy atom. The van der Waals surface area contributed by atoms with E-state index in [4.69, 9.17) is 11.6 Å². The Morgan fingerprint density at radius 3 is 2.17 bits per heavy atom. The van der Waals surface area contributed by atoms with Gasteiger partial charge in [-0.1, -0.05) is 38.3 Å². The van der Waals surface area contributed by atoms with E-state index in [0.717, 1.165) is 47.4 Å². The minimum absolute atomic E-state index is 0.166. The first-order chi connectivity index (χ1) is 8.51. The van der Waals surface area contributed by atoms with E-state index in [1.54, 1.807) is 0 Å². The van der Waals surface area contributed by atoms with Crippen LogP contribution in [0.3, 0.4) is 0 Å². The summed E-state index contributed by atoms with van der Waals surface area (Å²) in [7, 11) is 0. The number of carbonyl (C=O) groups is 1. The van der Waals surface area contributed by atoms with Gasteiger partial charge in [0.05, 0.1) is 0 Å². The van der Waals surface area contributed by atoms with Gasteiger partial charge in [-0.2, -0.15) is 0 Å². The van der Waals surface area contributed by atoms with E-state index in [9.17, 15) is 4.79 Å². The maximum atomic E-state index is 12.6. The summed E-state index contributed by atoms with van der Waals surface area (Å²) in [5.41, 5.74) is 2.83. The van der Waals surface area contributed by atoms with Gasteiger partial charge in [-0.25, -0.2) is 0 Å². The summed E-state index contributed by atoms with van der Waals surface area (Å²) in [6.07, 6.45) is 4.08. The number of Topliss-reactive ketones (excluding diaryl/α,β-unsaturated/α-hetero) is 1. The number of hydrogen-bond donors (Lipinski definition) is 0. The average Bonchev–Trinajstić information content (AvgIpc) is 2.33. The molecule has 1 aromatic carbocycles. The standard InChI is InChI=1S/C16H23ClO/c1-5-7-13(8-6-2)16(18)14-9-12(4)15(17)10-11(14)3/h9-10,13H,5-8H2,1-4H3. The van der Waals surface area contributed by atoms with Crippen molar-refractivity contribution in [1.82, 2.24) is 0 Å². The largest absolute Gasteiger partial charge is 0.294 e. The fourth-order valence-electron chi connectivity index (χ4n) is 2.37. The number of carbonyl (C=O) groups excluding carboxylic acids is 1. The molecule has 100 valence electrons. The lowest BCUT2D eigenvalue weighted by molar-refractivity contribution is 0.0904. The summed E-state index contributed by atoms with van der Waals surface area (Å²) in [5, 5.41) is 0.742. The predicted octanol–water partition coefficient (Wildman–Crippen LogP) is 5.36. The topological polar surface area (TPSA) is 17.1 Å². The van der Waals surface area contributed by atoms with Crippen molar-refractivity contribution in [2.45, 2.75) is 53.4 Å². The maximum Gasteiger partial charge on any atom is 0.166 e. The van der Waals surface area contributed by atoms with Gasteiger partial charge in [0, 0.05) is 16.5 Å². The number of aryl methyl sites for hydroxylation is 2. The van der Waals surface area contributed by atoms with E-state index in [1.807, 2.05) is 26.0 Å². The molecule has 0 heterocycles. The van der Waals surface area contributed by atoms with Gasteiger partial charge in [-0.3, -0.25) is 4.79 Å². The minimum Gasteiger partial charge on any atom is -0.294 e. The molecular formula is C16H23ClO. The SMILES string of the molecule is CCCC(CCC)C(=O)c1cc(C)c(Cl)cc1C. The maximum absolute atomic E-state index is 12.6. The van der Waals surface area contributed by atoms with Crippen LogP contribution in [-0.4, -0.2) is 5.78 Å². The minimum atomic E-state index is 0.166. The van der Waals surface area contributed by atoms with Crippen molar-refractivity contribution in [3.63, 3.8) is 0 Å². The Kier molecular flexibility index (Phi) is 5.87. The monoisotopic (exact) mass is 266 g/mol. The van der Waals surface area contributed by atoms with Crippen LogP contribution in [0.4, 0.5) is 0 Å². The highest BCUT2D eigenvalue weighted by molar-refractivity contribution is 6.31. The number of ketones is 1. The number of benzene rings is 1. The summed E-state index contributed by atoms with van der Waals surface area (Å²) >= 11 is 6.08. The van der Waals surface area contributed by atoms with Crippen molar-refractivity contribution < 1.29 is 4.79 Å². The van der Waals surface area contributed by atoms with Gasteiger partial charge in [0.15, 0.2) is 5.78 Å². The molecule has 18 heavy (non-hydrogen) atoms. The van der Waals surface area contributed by atoms with Gasteiger partial charge >= 0.3 is 0 Å². The second-order valence-corrected chi connectivity index (χ2v) is 5.46. The molecule has 1 rings (SSSR count). The number of rotatable bonds is 6. The second-order valence-electron chi connectivity index (χ2n) is 5.05. The molecule has 0 aliphatic rings. The Labute approximate surface area is 116 Å². The average molecular weight is 267 g/mol. The second kappa shape index (κ2) is 6.94. The highest BCUT2D eigenvalue weighted by atomic mass is 35.5. The van der Waals surface area contributed by atoms with E-state index in [-0.39, 0.29) is 11.7 Å². The van der Waals surface area contributed by atoms with Crippen LogP contribution in [-0.2, 0) is 0 Å². The smallest absolute Gasteiger partial charge is 0.166 e. The highest BCUT2D eigenvalue weighted by Crippen LogP contribution is 2.25. The summed E-state index contributed by atoms with van der Waals surface area (Å²) in [6, 6.07) is 3.84. The van der Waals surface area contributed by atoms with Crippen LogP contribution >= 0.6 is 11.6 Å². The predicted molar refractivity (Wildman–Crippen MR) is 78.6 cm³/mol. The van der Waals surface area contributed by atoms with Crippen molar-refractivity contribution >= 4 is 17.4 Å². The van der Waals surface area contributed by atoms with Gasteiger partial charge in [-0.15, -0.1) is 0 Å². The molecule has 0 aromatic heterocycles. The van der Waals surface area contributed by atoms with Crippen LogP contribution in [0, 0.1) is 19.8 Å². The van der Waals surface area contributed by atoms with Crippen molar-refractivity contribution in [2.24, 2.45) is 5.92 Å². The van der Waals surface area contributed by atoms with E-state index in [0.29, 0.717) is 0 Å². The first-order valence-corrected chi connectivity index (χ1v) is 7.20. The first-order valence-electron chi connectivity index (χ1n) is 6.82. The van der Waals surface area contributed by atoms with E-state index >= 15 is 0 Å². The lowest BCUT2D eigenvalue weighted by atomic mass is 9.87. The molecule has 1 nitrogen and oxygen atoms in total. The molecule has 1 aromatic rings. The molecule has 0 unspecified atom stereocenters. The van der Waals surface area contributed by atoms with Crippen molar-refractivity contribution in [2.75, 3.05) is 0 Å². The van der Waals surface area contributed by atoms with Crippen LogP contribution in [0.15, 0.2) is 12.1 Å². The summed E-state index contributed by atoms with van der Waals surface area (Å²) < 4.78 is 0. The van der Waals surface area contributed by atoms with E-state index < -0.39 is 0 Å². The van der Waals surface area contributed by atoms with Crippen LogP contribution in [0.25, 0.3) is 0 Å². The van der Waals surface area contributed by atoms with Gasteiger partial charge in [0.2, 0.25) is 0 Å². The van der Waals surface area contributed by atoms with Crippen molar-refractivity contribution in [3.05, 3.63) is 33.8 Å². The molecule has 0 saturated heterocycles. The molecule has 0 amide bonds. The van der Waals surface area contributed by atoms with E-state index in [1.165, 1.54) is 0 Å². The first kappa shape index (κ1) is 15.2. The third-order valence-electron chi connectivity index (χ3n) is 3.42. The zero-order valence-electron chi connectivity index (χ0n) is 11.8. The van der Waals surface area contributed by atoms with E-state index in [2.05, 4.69) is 13.8 Å². The van der Waals surface area contributed by atoms with Crippen molar-refractivity contribution in [1.29, 1.82) is 0 Å². The Morgan fingerprint density at radius 2 is 1.67 bits per heavy atom. The molecule has 0 aliphatic carbocycles. The fraction of sp³-hybridized carbons (Fsp3) is 0.562. The van der Waals surface area contributed by atoms with Gasteiger partial charge < -0.3 is 0 Å². The van der Waals surface area contributed by atoms with Crippen LogP contribution in [0.1, 0.15) is 61.0 Å².